The number of esters is 1. The van der Waals surface area contributed by atoms with Crippen molar-refractivity contribution >= 4 is 35.1 Å². The zero-order chi connectivity index (χ0) is 60.6. The fraction of sp³-hybridized carbons (Fsp3) is 0.701. The molecule has 3 fully saturated rings. The topological polar surface area (TPSA) is 197 Å². The molecule has 4 aliphatic rings. The van der Waals surface area contributed by atoms with Gasteiger partial charge in [0.25, 0.3) is 0 Å². The van der Waals surface area contributed by atoms with Crippen LogP contribution in [0.25, 0.3) is 11.1 Å². The summed E-state index contributed by atoms with van der Waals surface area (Å²) >= 11 is 0. The van der Waals surface area contributed by atoms with E-state index >= 15 is 0 Å². The molecule has 18 atom stereocenters. The number of hydrogen-bond donors (Lipinski definition) is 5. The predicted octanol–water partition coefficient (Wildman–Crippen LogP) is 8.41. The van der Waals surface area contributed by atoms with Crippen molar-refractivity contribution in [1.29, 1.82) is 0 Å². The first kappa shape index (κ1) is 67.1. The Balaban J connectivity index is 1.03. The largest absolute Gasteiger partial charge is 0.388 e. The van der Waals surface area contributed by atoms with Gasteiger partial charge in [0.1, 0.15) is 30.0 Å². The van der Waals surface area contributed by atoms with E-state index < -0.39 is 109 Å². The van der Waals surface area contributed by atoms with Gasteiger partial charge in [-0.05, 0) is 87.7 Å². The van der Waals surface area contributed by atoms with Crippen molar-refractivity contribution in [2.24, 2.45) is 17.8 Å². The van der Waals surface area contributed by atoms with Crippen LogP contribution in [0, 0.1) is 17.8 Å². The number of rotatable bonds is 20. The van der Waals surface area contributed by atoms with Gasteiger partial charge in [-0.3, -0.25) is 9.59 Å². The normalized spacial score (nSPS) is 36.5. The van der Waals surface area contributed by atoms with Crippen LogP contribution in [0.1, 0.15) is 159 Å². The summed E-state index contributed by atoms with van der Waals surface area (Å²) in [4.78, 5) is 32.9. The average molecular weight is 1180 g/mol. The third-order valence-electron chi connectivity index (χ3n) is 19.5. The monoisotopic (exact) mass is 1180 g/mol. The second kappa shape index (κ2) is 29.1. The molecule has 16 heteroatoms. The summed E-state index contributed by atoms with van der Waals surface area (Å²) in [6, 6.07) is 28.1. The molecule has 1 amide bonds. The minimum absolute atomic E-state index is 0.0757. The SMILES string of the molecule is CC[C@H]1OC(=O)[C@H](C)[C@@H](O[C@H]2C[C@@](C)(OC)[C@@H](O)[C@H](C)O2)[C@H](C)[C@@H](O[C@@H]2O[C@H](C)C[C@H](N(C)C)[C@H]2O)[C@](C)(O)C[C@@H](C)CN(C(=O)CCCCCCCCCCC[PH]2(c3ccccc3)c3ccccc3-c3ccccc32)[C@H](C)[C@@H](O)[C@]1(C)O. The van der Waals surface area contributed by atoms with E-state index in [2.05, 4.69) is 78.9 Å². The first-order valence-electron chi connectivity index (χ1n) is 31.4. The second-order valence-corrected chi connectivity index (χ2v) is 30.3. The van der Waals surface area contributed by atoms with E-state index in [0.717, 1.165) is 25.7 Å². The van der Waals surface area contributed by atoms with Gasteiger partial charge in [0, 0.05) is 32.0 Å². The minimum Gasteiger partial charge on any atom is -0.388 e. The summed E-state index contributed by atoms with van der Waals surface area (Å²) in [7, 11) is 3.10. The number of nitrogens with zero attached hydrogens (tertiary/aromatic N) is 2. The molecule has 4 heterocycles. The van der Waals surface area contributed by atoms with Crippen molar-refractivity contribution in [1.82, 2.24) is 9.80 Å². The Kier molecular flexibility index (Phi) is 23.5. The van der Waals surface area contributed by atoms with Gasteiger partial charge in [-0.1, -0.05) is 20.8 Å². The Morgan fingerprint density at radius 2 is 1.31 bits per heavy atom. The summed E-state index contributed by atoms with van der Waals surface area (Å²) in [5, 5.41) is 65.1. The fourth-order valence-electron chi connectivity index (χ4n) is 14.7. The first-order valence-corrected chi connectivity index (χ1v) is 33.6. The van der Waals surface area contributed by atoms with Crippen LogP contribution in [-0.4, -0.2) is 171 Å². The van der Waals surface area contributed by atoms with Crippen LogP contribution < -0.4 is 15.9 Å². The summed E-state index contributed by atoms with van der Waals surface area (Å²) in [6.07, 6.45) is 1.41. The third-order valence-corrected chi connectivity index (χ3v) is 24.6. The number of hydrogen-bond acceptors (Lipinski definition) is 14. The zero-order valence-electron chi connectivity index (χ0n) is 52.4. The van der Waals surface area contributed by atoms with Crippen molar-refractivity contribution in [2.45, 2.75) is 249 Å². The van der Waals surface area contributed by atoms with E-state index in [4.69, 9.17) is 28.4 Å². The molecule has 0 spiro atoms. The molecular weight excluding hydrogens is 1070 g/mol. The Hall–Kier alpha value is -3.41. The van der Waals surface area contributed by atoms with E-state index in [0.29, 0.717) is 12.8 Å². The van der Waals surface area contributed by atoms with Crippen molar-refractivity contribution in [2.75, 3.05) is 33.9 Å². The van der Waals surface area contributed by atoms with Crippen LogP contribution in [-0.2, 0) is 38.0 Å². The van der Waals surface area contributed by atoms with E-state index in [1.807, 2.05) is 39.8 Å². The molecule has 3 aromatic rings. The summed E-state index contributed by atoms with van der Waals surface area (Å²) < 4.78 is 38.3. The number of cyclic esters (lactones) is 1. The van der Waals surface area contributed by atoms with Crippen LogP contribution in [0.2, 0.25) is 0 Å². The van der Waals surface area contributed by atoms with Crippen molar-refractivity contribution in [3.63, 3.8) is 0 Å². The maximum atomic E-state index is 14.7. The van der Waals surface area contributed by atoms with E-state index in [1.165, 1.54) is 72.9 Å². The third kappa shape index (κ3) is 15.1. The van der Waals surface area contributed by atoms with Crippen LogP contribution in [0.3, 0.4) is 0 Å². The van der Waals surface area contributed by atoms with Crippen LogP contribution >= 0.6 is 7.26 Å². The number of fused-ring (bicyclic) bond motifs is 3. The summed E-state index contributed by atoms with van der Waals surface area (Å²) in [5.41, 5.74) is -1.99. The van der Waals surface area contributed by atoms with Gasteiger partial charge in [-0.25, -0.2) is 0 Å². The van der Waals surface area contributed by atoms with E-state index in [-0.39, 0.29) is 50.3 Å². The molecule has 0 unspecified atom stereocenters. The molecule has 3 saturated heterocycles. The van der Waals surface area contributed by atoms with Crippen LogP contribution in [0.4, 0.5) is 0 Å². The van der Waals surface area contributed by atoms with Gasteiger partial charge in [0.05, 0.1) is 47.6 Å². The number of aliphatic hydroxyl groups is 5. The maximum Gasteiger partial charge on any atom is 0.126 e. The molecule has 83 heavy (non-hydrogen) atoms. The molecule has 3 aromatic carbocycles. The summed E-state index contributed by atoms with van der Waals surface area (Å²) in [6.45, 7) is 17.5. The molecule has 0 bridgehead atoms. The predicted molar refractivity (Wildman–Crippen MR) is 330 cm³/mol. The Morgan fingerprint density at radius 1 is 0.747 bits per heavy atom. The molecule has 7 rings (SSSR count). The molecule has 4 aliphatic heterocycles. The number of aliphatic hydroxyl groups excluding tert-OH is 3. The number of likely N-dealkylation sites (N-methyl/N-ethyl adjacent to an activating group) is 1. The molecule has 15 nitrogen and oxygen atoms in total. The molecule has 0 aliphatic carbocycles. The minimum atomic E-state index is -2.18. The standard InChI is InChI=1S/C67H105N2O13P/c1-14-55-67(10,76)60(72)47(6)69(56(70)37-25-20-18-16-15-17-19-21-30-38-83(49-31-23-22-24-32-49)53-35-28-26-33-50(53)51-34-27-29-36-54(51)83)42-43(2)40-65(8,75)62(82-64-58(71)52(68(11)12)39-44(3)78-64)45(4)59(46(5)63(74)80-55)81-57-41-66(9,77-13)61(73)48(7)79-57/h22-24,26-29,31-36,43-48,52,55,57-62,64,71-73,75-76,83H,14-21,25,30,37-42H2,1-13H3/t43-,44-,45+,46-,47-,48+,52+,55-,57+,58-,59+,60-,61+,62-,64+,65-,66-,67-/m1/s1. The maximum absolute atomic E-state index is 14.7. The van der Waals surface area contributed by atoms with Gasteiger partial charge in [-0.2, -0.15) is 0 Å². The number of unbranched alkanes of at least 4 members (excludes halogenated alkanes) is 8. The quantitative estimate of drug-likeness (QED) is 0.0411. The van der Waals surface area contributed by atoms with Crippen molar-refractivity contribution in [3.8, 4) is 11.1 Å². The molecule has 0 saturated carbocycles. The van der Waals surface area contributed by atoms with Gasteiger partial charge < -0.3 is 63.8 Å². The molecule has 0 radical (unpaired) electrons. The number of methoxy groups -OCH3 is 1. The Labute approximate surface area is 497 Å². The van der Waals surface area contributed by atoms with Gasteiger partial charge in [0.2, 0.25) is 0 Å². The number of benzene rings is 3. The van der Waals surface area contributed by atoms with E-state index in [1.54, 1.807) is 46.4 Å². The number of amides is 1. The van der Waals surface area contributed by atoms with Gasteiger partial charge >= 0.3 is 195 Å². The van der Waals surface area contributed by atoms with Crippen LogP contribution in [0.5, 0.6) is 0 Å². The van der Waals surface area contributed by atoms with Crippen LogP contribution in [0.15, 0.2) is 78.9 Å². The smallest absolute Gasteiger partial charge is 0.126 e. The molecule has 0 aromatic heterocycles. The first-order chi connectivity index (χ1) is 39.3. The molecular formula is C67H105N2O13P. The average Bonchev–Trinajstić information content (AvgIpc) is 1.73. The molecule has 466 valence electrons. The number of ether oxygens (including phenoxy) is 6. The number of carbonyl (C=O) groups excluding carboxylic acids is 2. The fourth-order valence-corrected chi connectivity index (χ4v) is 20.1. The van der Waals surface area contributed by atoms with E-state index in [9.17, 15) is 35.1 Å². The van der Waals surface area contributed by atoms with Crippen molar-refractivity contribution in [3.05, 3.63) is 78.9 Å². The number of carbonyl (C=O) groups is 2. The zero-order valence-corrected chi connectivity index (χ0v) is 53.4. The summed E-state index contributed by atoms with van der Waals surface area (Å²) in [5.74, 6) is -3.25. The van der Waals surface area contributed by atoms with Crippen molar-refractivity contribution < 1.29 is 63.5 Å². The second-order valence-electron chi connectivity index (χ2n) is 26.3. The Morgan fingerprint density at radius 3 is 1.89 bits per heavy atom. The van der Waals surface area contributed by atoms with Gasteiger partial charge in [0.15, 0.2) is 12.6 Å². The molecule has 5 N–H and O–H groups in total. The van der Waals surface area contributed by atoms with Gasteiger partial charge in [-0.15, -0.1) is 0 Å². The Bertz CT molecular complexity index is 2490.